The lowest BCUT2D eigenvalue weighted by atomic mass is 9.96. The van der Waals surface area contributed by atoms with Crippen LogP contribution in [0.2, 0.25) is 0 Å². The third-order valence-corrected chi connectivity index (χ3v) is 3.93. The standard InChI is InChI=1S/C16H17BrFNO/c1-10-3-5-12(18)9-13(10)15(19)8-11-4-6-16(20-2)14(17)7-11/h3-7,9,15H,8,19H2,1-2H3. The monoisotopic (exact) mass is 337 g/mol. The normalized spacial score (nSPS) is 12.2. The largest absolute Gasteiger partial charge is 0.496 e. The summed E-state index contributed by atoms with van der Waals surface area (Å²) in [4.78, 5) is 0. The molecule has 2 rings (SSSR count). The van der Waals surface area contributed by atoms with E-state index < -0.39 is 0 Å². The van der Waals surface area contributed by atoms with E-state index in [-0.39, 0.29) is 11.9 Å². The zero-order valence-electron chi connectivity index (χ0n) is 11.5. The number of nitrogens with two attached hydrogens (primary N) is 1. The maximum absolute atomic E-state index is 13.3. The summed E-state index contributed by atoms with van der Waals surface area (Å²) in [6.45, 7) is 1.94. The van der Waals surface area contributed by atoms with E-state index in [0.717, 1.165) is 26.9 Å². The first-order valence-corrected chi connectivity index (χ1v) is 7.14. The number of methoxy groups -OCH3 is 1. The van der Waals surface area contributed by atoms with Gasteiger partial charge >= 0.3 is 0 Å². The van der Waals surface area contributed by atoms with E-state index >= 15 is 0 Å². The highest BCUT2D eigenvalue weighted by Gasteiger charge is 2.12. The van der Waals surface area contributed by atoms with Crippen LogP contribution in [0.1, 0.15) is 22.7 Å². The summed E-state index contributed by atoms with van der Waals surface area (Å²) in [5.41, 5.74) is 9.13. The van der Waals surface area contributed by atoms with Crippen molar-refractivity contribution in [2.45, 2.75) is 19.4 Å². The minimum Gasteiger partial charge on any atom is -0.496 e. The quantitative estimate of drug-likeness (QED) is 0.909. The molecule has 0 aliphatic heterocycles. The van der Waals surface area contributed by atoms with Gasteiger partial charge in [0.15, 0.2) is 0 Å². The van der Waals surface area contributed by atoms with Crippen LogP contribution in [0.15, 0.2) is 40.9 Å². The minimum absolute atomic E-state index is 0.231. The van der Waals surface area contributed by atoms with Crippen molar-refractivity contribution in [3.05, 3.63) is 63.4 Å². The summed E-state index contributed by atoms with van der Waals surface area (Å²) in [7, 11) is 1.63. The van der Waals surface area contributed by atoms with Gasteiger partial charge in [-0.05, 0) is 70.2 Å². The number of ether oxygens (including phenoxy) is 1. The lowest BCUT2D eigenvalue weighted by Gasteiger charge is -2.15. The van der Waals surface area contributed by atoms with Crippen molar-refractivity contribution in [3.8, 4) is 5.75 Å². The van der Waals surface area contributed by atoms with Crippen molar-refractivity contribution in [2.75, 3.05) is 7.11 Å². The molecule has 0 saturated heterocycles. The second-order valence-corrected chi connectivity index (χ2v) is 5.63. The molecule has 0 amide bonds. The maximum Gasteiger partial charge on any atom is 0.133 e. The molecule has 0 aliphatic rings. The van der Waals surface area contributed by atoms with Gasteiger partial charge in [0.2, 0.25) is 0 Å². The zero-order valence-corrected chi connectivity index (χ0v) is 13.1. The van der Waals surface area contributed by atoms with Gasteiger partial charge in [-0.3, -0.25) is 0 Å². The molecular formula is C16H17BrFNO. The summed E-state index contributed by atoms with van der Waals surface area (Å²) in [5.74, 6) is 0.529. The average molecular weight is 338 g/mol. The van der Waals surface area contributed by atoms with Crippen LogP contribution in [0.25, 0.3) is 0 Å². The topological polar surface area (TPSA) is 35.2 Å². The fraction of sp³-hybridized carbons (Fsp3) is 0.250. The molecule has 0 heterocycles. The van der Waals surface area contributed by atoms with Crippen LogP contribution in [0.5, 0.6) is 5.75 Å². The van der Waals surface area contributed by atoms with Crippen LogP contribution in [0, 0.1) is 12.7 Å². The minimum atomic E-state index is -0.253. The van der Waals surface area contributed by atoms with Crippen molar-refractivity contribution in [3.63, 3.8) is 0 Å². The first-order valence-electron chi connectivity index (χ1n) is 6.35. The number of hydrogen-bond donors (Lipinski definition) is 1. The van der Waals surface area contributed by atoms with Crippen LogP contribution >= 0.6 is 15.9 Å². The van der Waals surface area contributed by atoms with E-state index in [1.165, 1.54) is 12.1 Å². The first kappa shape index (κ1) is 15.0. The molecule has 2 N–H and O–H groups in total. The Hall–Kier alpha value is -1.39. The Morgan fingerprint density at radius 1 is 1.25 bits per heavy atom. The molecule has 0 spiro atoms. The highest BCUT2D eigenvalue weighted by molar-refractivity contribution is 9.10. The molecular weight excluding hydrogens is 321 g/mol. The van der Waals surface area contributed by atoms with Crippen molar-refractivity contribution >= 4 is 15.9 Å². The van der Waals surface area contributed by atoms with E-state index in [0.29, 0.717) is 6.42 Å². The molecule has 2 aromatic rings. The molecule has 1 unspecified atom stereocenters. The predicted molar refractivity (Wildman–Crippen MR) is 82.5 cm³/mol. The summed E-state index contributed by atoms with van der Waals surface area (Å²) < 4.78 is 19.4. The fourth-order valence-corrected chi connectivity index (χ4v) is 2.80. The Morgan fingerprint density at radius 2 is 2.00 bits per heavy atom. The van der Waals surface area contributed by atoms with Gasteiger partial charge in [-0.2, -0.15) is 0 Å². The second-order valence-electron chi connectivity index (χ2n) is 4.78. The molecule has 0 saturated carbocycles. The number of rotatable bonds is 4. The second kappa shape index (κ2) is 6.37. The fourth-order valence-electron chi connectivity index (χ4n) is 2.21. The van der Waals surface area contributed by atoms with Gasteiger partial charge in [0.25, 0.3) is 0 Å². The van der Waals surface area contributed by atoms with Crippen molar-refractivity contribution in [2.24, 2.45) is 5.73 Å². The Morgan fingerprint density at radius 3 is 2.65 bits per heavy atom. The van der Waals surface area contributed by atoms with Gasteiger partial charge in [-0.25, -0.2) is 4.39 Å². The summed E-state index contributed by atoms with van der Waals surface area (Å²) >= 11 is 3.45. The molecule has 4 heteroatoms. The maximum atomic E-state index is 13.3. The van der Waals surface area contributed by atoms with Gasteiger partial charge in [0, 0.05) is 6.04 Å². The highest BCUT2D eigenvalue weighted by Crippen LogP contribution is 2.28. The number of aryl methyl sites for hydroxylation is 1. The molecule has 0 fully saturated rings. The van der Waals surface area contributed by atoms with E-state index in [1.807, 2.05) is 25.1 Å². The number of benzene rings is 2. The molecule has 20 heavy (non-hydrogen) atoms. The molecule has 2 aromatic carbocycles. The van der Waals surface area contributed by atoms with Crippen molar-refractivity contribution in [1.82, 2.24) is 0 Å². The third-order valence-electron chi connectivity index (χ3n) is 3.31. The molecule has 0 radical (unpaired) electrons. The van der Waals surface area contributed by atoms with Crippen LogP contribution in [0.3, 0.4) is 0 Å². The van der Waals surface area contributed by atoms with Crippen molar-refractivity contribution < 1.29 is 9.13 Å². The molecule has 2 nitrogen and oxygen atoms in total. The van der Waals surface area contributed by atoms with Gasteiger partial charge in [-0.15, -0.1) is 0 Å². The molecule has 1 atom stereocenters. The average Bonchev–Trinajstić information content (AvgIpc) is 2.41. The van der Waals surface area contributed by atoms with E-state index in [2.05, 4.69) is 15.9 Å². The molecule has 0 aromatic heterocycles. The van der Waals surface area contributed by atoms with E-state index in [9.17, 15) is 4.39 Å². The van der Waals surface area contributed by atoms with Crippen LogP contribution in [-0.4, -0.2) is 7.11 Å². The van der Waals surface area contributed by atoms with Gasteiger partial charge in [0.05, 0.1) is 11.6 Å². The smallest absolute Gasteiger partial charge is 0.133 e. The van der Waals surface area contributed by atoms with Crippen LogP contribution in [0.4, 0.5) is 4.39 Å². The summed E-state index contributed by atoms with van der Waals surface area (Å²) in [5, 5.41) is 0. The van der Waals surface area contributed by atoms with Crippen LogP contribution < -0.4 is 10.5 Å². The van der Waals surface area contributed by atoms with Crippen molar-refractivity contribution in [1.29, 1.82) is 0 Å². The lowest BCUT2D eigenvalue weighted by molar-refractivity contribution is 0.412. The number of hydrogen-bond acceptors (Lipinski definition) is 2. The number of halogens is 2. The molecule has 0 bridgehead atoms. The Balaban J connectivity index is 2.21. The SMILES string of the molecule is COc1ccc(CC(N)c2cc(F)ccc2C)cc1Br. The Kier molecular flexibility index (Phi) is 4.78. The van der Waals surface area contributed by atoms with E-state index in [4.69, 9.17) is 10.5 Å². The highest BCUT2D eigenvalue weighted by atomic mass is 79.9. The van der Waals surface area contributed by atoms with Crippen LogP contribution in [-0.2, 0) is 6.42 Å². The predicted octanol–water partition coefficient (Wildman–Crippen LogP) is 4.15. The van der Waals surface area contributed by atoms with Gasteiger partial charge < -0.3 is 10.5 Å². The molecule has 106 valence electrons. The lowest BCUT2D eigenvalue weighted by Crippen LogP contribution is -2.15. The third kappa shape index (κ3) is 3.38. The Labute approximate surface area is 126 Å². The van der Waals surface area contributed by atoms with Gasteiger partial charge in [0.1, 0.15) is 11.6 Å². The van der Waals surface area contributed by atoms with Gasteiger partial charge in [-0.1, -0.05) is 12.1 Å². The summed E-state index contributed by atoms with van der Waals surface area (Å²) in [6.07, 6.45) is 0.646. The van der Waals surface area contributed by atoms with E-state index in [1.54, 1.807) is 13.2 Å². The zero-order chi connectivity index (χ0) is 14.7. The molecule has 0 aliphatic carbocycles. The summed E-state index contributed by atoms with van der Waals surface area (Å²) in [6, 6.07) is 10.3. The Bertz CT molecular complexity index is 615. The first-order chi connectivity index (χ1) is 9.51.